The Labute approximate surface area is 128 Å². The largest absolute Gasteiger partial charge is 0.480 e. The molecule has 1 aliphatic heterocycles. The molecule has 0 bridgehead atoms. The molecule has 0 spiro atoms. The van der Waals surface area contributed by atoms with Crippen molar-refractivity contribution >= 4 is 45.8 Å². The summed E-state index contributed by atoms with van der Waals surface area (Å²) in [5.41, 5.74) is 0.511. The molecule has 0 aliphatic carbocycles. The van der Waals surface area contributed by atoms with Crippen LogP contribution in [0.1, 0.15) is 23.2 Å². The van der Waals surface area contributed by atoms with Gasteiger partial charge in [0.15, 0.2) is 0 Å². The number of carbonyl (C=O) groups excluding carboxylic acids is 1. The normalized spacial score (nSPS) is 20.8. The van der Waals surface area contributed by atoms with Gasteiger partial charge in [-0.1, -0.05) is 0 Å². The maximum absolute atomic E-state index is 12.0. The molecule has 7 heteroatoms. The Morgan fingerprint density at radius 3 is 2.89 bits per heavy atom. The van der Waals surface area contributed by atoms with Gasteiger partial charge in [0.2, 0.25) is 0 Å². The van der Waals surface area contributed by atoms with E-state index >= 15 is 0 Å². The molecule has 1 saturated heterocycles. The highest BCUT2D eigenvalue weighted by Crippen LogP contribution is 2.20. The molecule has 0 aromatic carbocycles. The van der Waals surface area contributed by atoms with E-state index in [2.05, 4.69) is 27.9 Å². The predicted octanol–water partition coefficient (Wildman–Crippen LogP) is 1.96. The van der Waals surface area contributed by atoms with E-state index in [1.54, 1.807) is 11.4 Å². The second kappa shape index (κ2) is 6.67. The van der Waals surface area contributed by atoms with Gasteiger partial charge in [0.1, 0.15) is 6.04 Å². The third kappa shape index (κ3) is 3.90. The van der Waals surface area contributed by atoms with Gasteiger partial charge < -0.3 is 15.2 Å². The first-order valence-corrected chi connectivity index (χ1v) is 7.89. The van der Waals surface area contributed by atoms with Crippen molar-refractivity contribution < 1.29 is 19.4 Å². The minimum absolute atomic E-state index is 0.159. The van der Waals surface area contributed by atoms with Crippen molar-refractivity contribution in [3.05, 3.63) is 19.9 Å². The number of aliphatic carboxylic acids is 1. The van der Waals surface area contributed by atoms with Crippen molar-refractivity contribution in [3.63, 3.8) is 0 Å². The second-order valence-corrected chi connectivity index (χ2v) is 7.21. The van der Waals surface area contributed by atoms with E-state index in [0.717, 1.165) is 15.7 Å². The summed E-state index contributed by atoms with van der Waals surface area (Å²) in [7, 11) is 0. The Bertz CT molecular complexity index is 470. The Balaban J connectivity index is 2.04. The van der Waals surface area contributed by atoms with Crippen LogP contribution < -0.4 is 5.32 Å². The predicted molar refractivity (Wildman–Crippen MR) is 79.5 cm³/mol. The fourth-order valence-electron chi connectivity index (χ4n) is 2.06. The molecule has 1 fully saturated rings. The summed E-state index contributed by atoms with van der Waals surface area (Å²) in [5, 5.41) is 13.6. The maximum Gasteiger partial charge on any atom is 0.326 e. The summed E-state index contributed by atoms with van der Waals surface area (Å²) in [6.07, 6.45) is 1.60. The van der Waals surface area contributed by atoms with E-state index < -0.39 is 12.0 Å². The number of hydrogen-bond donors (Lipinski definition) is 2. The van der Waals surface area contributed by atoms with Gasteiger partial charge in [-0.15, -0.1) is 11.3 Å². The van der Waals surface area contributed by atoms with Crippen LogP contribution in [-0.2, 0) is 9.53 Å². The highest BCUT2D eigenvalue weighted by Gasteiger charge is 2.31. The van der Waals surface area contributed by atoms with Crippen LogP contribution >= 0.6 is 33.9 Å². The monoisotopic (exact) mass is 395 g/mol. The highest BCUT2D eigenvalue weighted by molar-refractivity contribution is 14.1. The van der Waals surface area contributed by atoms with Gasteiger partial charge in [-0.25, -0.2) is 4.79 Å². The first-order chi connectivity index (χ1) is 9.08. The minimum atomic E-state index is -1.01. The van der Waals surface area contributed by atoms with Crippen LogP contribution in [0.15, 0.2) is 11.4 Å². The van der Waals surface area contributed by atoms with Gasteiger partial charge in [0, 0.05) is 17.9 Å². The van der Waals surface area contributed by atoms with Gasteiger partial charge in [0.25, 0.3) is 5.91 Å². The van der Waals surface area contributed by atoms with Crippen molar-refractivity contribution in [2.75, 3.05) is 13.2 Å². The molecule has 2 rings (SSSR count). The van der Waals surface area contributed by atoms with Gasteiger partial charge in [-0.2, -0.15) is 0 Å². The van der Waals surface area contributed by atoms with Gasteiger partial charge in [0.05, 0.1) is 15.1 Å². The standard InChI is InChI=1S/C12H14INO4S/c13-9-4-8(6-19-9)11(15)14-10(12(16)17)7-2-1-3-18-5-7/h4,6-7,10H,1-3,5H2,(H,14,15)(H,16,17). The van der Waals surface area contributed by atoms with Crippen LogP contribution in [0.2, 0.25) is 0 Å². The zero-order valence-corrected chi connectivity index (χ0v) is 13.1. The zero-order chi connectivity index (χ0) is 13.8. The molecule has 2 unspecified atom stereocenters. The van der Waals surface area contributed by atoms with Crippen molar-refractivity contribution in [3.8, 4) is 0 Å². The summed E-state index contributed by atoms with van der Waals surface area (Å²) in [4.78, 5) is 23.3. The van der Waals surface area contributed by atoms with Crippen LogP contribution in [-0.4, -0.2) is 36.2 Å². The van der Waals surface area contributed by atoms with E-state index in [4.69, 9.17) is 4.74 Å². The van der Waals surface area contributed by atoms with E-state index in [0.29, 0.717) is 18.8 Å². The summed E-state index contributed by atoms with van der Waals surface area (Å²) in [6, 6.07) is 0.863. The number of rotatable bonds is 4. The molecule has 2 atom stereocenters. The van der Waals surface area contributed by atoms with Gasteiger partial charge in [-0.3, -0.25) is 4.79 Å². The number of amides is 1. The molecule has 2 heterocycles. The van der Waals surface area contributed by atoms with Gasteiger partial charge in [-0.05, 0) is 41.5 Å². The molecule has 104 valence electrons. The number of thiophene rings is 1. The molecule has 0 radical (unpaired) electrons. The lowest BCUT2D eigenvalue weighted by molar-refractivity contribution is -0.142. The first kappa shape index (κ1) is 14.7. The molecule has 5 nitrogen and oxygen atoms in total. The zero-order valence-electron chi connectivity index (χ0n) is 10.1. The molecule has 2 N–H and O–H groups in total. The van der Waals surface area contributed by atoms with E-state index in [-0.39, 0.29) is 11.8 Å². The minimum Gasteiger partial charge on any atom is -0.480 e. The Hall–Kier alpha value is -0.670. The Morgan fingerprint density at radius 1 is 1.58 bits per heavy atom. The number of carbonyl (C=O) groups is 2. The molecular weight excluding hydrogens is 381 g/mol. The fraction of sp³-hybridized carbons (Fsp3) is 0.500. The quantitative estimate of drug-likeness (QED) is 0.765. The lowest BCUT2D eigenvalue weighted by Crippen LogP contribution is -2.48. The lowest BCUT2D eigenvalue weighted by atomic mass is 9.93. The number of carboxylic acid groups (broad SMARTS) is 1. The van der Waals surface area contributed by atoms with E-state index in [1.807, 2.05) is 0 Å². The third-order valence-corrected chi connectivity index (χ3v) is 4.84. The third-order valence-electron chi connectivity index (χ3n) is 3.05. The molecule has 1 aliphatic rings. The number of hydrogen-bond acceptors (Lipinski definition) is 4. The first-order valence-electron chi connectivity index (χ1n) is 5.93. The SMILES string of the molecule is O=C(NC(C(=O)O)C1CCCOC1)c1csc(I)c1. The van der Waals surface area contributed by atoms with Crippen molar-refractivity contribution in [1.82, 2.24) is 5.32 Å². The summed E-state index contributed by atoms with van der Waals surface area (Å²) in [5.74, 6) is -1.50. The Kier molecular flexibility index (Phi) is 5.17. The van der Waals surface area contributed by atoms with Crippen molar-refractivity contribution in [2.45, 2.75) is 18.9 Å². The van der Waals surface area contributed by atoms with E-state index in [1.165, 1.54) is 11.3 Å². The molecule has 1 aromatic rings. The molecule has 19 heavy (non-hydrogen) atoms. The highest BCUT2D eigenvalue weighted by atomic mass is 127. The number of carboxylic acids is 1. The average Bonchev–Trinajstić information content (AvgIpc) is 2.83. The maximum atomic E-state index is 12.0. The molecule has 0 saturated carbocycles. The summed E-state index contributed by atoms with van der Waals surface area (Å²) >= 11 is 3.58. The Morgan fingerprint density at radius 2 is 2.37 bits per heavy atom. The van der Waals surface area contributed by atoms with Crippen LogP contribution in [0.3, 0.4) is 0 Å². The van der Waals surface area contributed by atoms with Crippen LogP contribution in [0.25, 0.3) is 0 Å². The number of halogens is 1. The smallest absolute Gasteiger partial charge is 0.326 e. The van der Waals surface area contributed by atoms with E-state index in [9.17, 15) is 14.7 Å². The topological polar surface area (TPSA) is 75.6 Å². The molecule has 1 amide bonds. The second-order valence-electron chi connectivity index (χ2n) is 4.41. The summed E-state index contributed by atoms with van der Waals surface area (Å²) in [6.45, 7) is 1.05. The molecule has 1 aromatic heterocycles. The van der Waals surface area contributed by atoms with Crippen LogP contribution in [0.5, 0.6) is 0 Å². The van der Waals surface area contributed by atoms with Crippen LogP contribution in [0, 0.1) is 8.80 Å². The van der Waals surface area contributed by atoms with Crippen LogP contribution in [0.4, 0.5) is 0 Å². The lowest BCUT2D eigenvalue weighted by Gasteiger charge is -2.27. The fourth-order valence-corrected chi connectivity index (χ4v) is 3.39. The van der Waals surface area contributed by atoms with Crippen molar-refractivity contribution in [1.29, 1.82) is 0 Å². The number of nitrogens with one attached hydrogen (secondary N) is 1. The van der Waals surface area contributed by atoms with Gasteiger partial charge >= 0.3 is 5.97 Å². The van der Waals surface area contributed by atoms with Crippen molar-refractivity contribution in [2.24, 2.45) is 5.92 Å². The number of ether oxygens (including phenoxy) is 1. The molecular formula is C12H14INO4S. The summed E-state index contributed by atoms with van der Waals surface area (Å²) < 4.78 is 6.29. The average molecular weight is 395 g/mol.